The number of fused-ring (bicyclic) bond motifs is 1. The predicted octanol–water partition coefficient (Wildman–Crippen LogP) is 2.13. The maximum Gasteiger partial charge on any atom is 0.387 e. The van der Waals surface area contributed by atoms with E-state index in [1.54, 1.807) is 24.3 Å². The fraction of sp³-hybridized carbons (Fsp3) is 0.188. The van der Waals surface area contributed by atoms with Crippen molar-refractivity contribution >= 4 is 10.9 Å². The van der Waals surface area contributed by atoms with Crippen LogP contribution in [0, 0.1) is 0 Å². The number of halogens is 2. The van der Waals surface area contributed by atoms with Crippen LogP contribution in [0.2, 0.25) is 0 Å². The smallest absolute Gasteiger partial charge is 0.387 e. The van der Waals surface area contributed by atoms with Crippen LogP contribution < -0.4 is 10.3 Å². The lowest BCUT2D eigenvalue weighted by molar-refractivity contribution is -0.0498. The van der Waals surface area contributed by atoms with E-state index in [0.717, 1.165) is 4.68 Å². The minimum Gasteiger partial charge on any atom is -0.435 e. The Hall–Kier alpha value is -2.87. The molecule has 3 aromatic rings. The first-order valence-electron chi connectivity index (χ1n) is 7.10. The Balaban J connectivity index is 1.80. The van der Waals surface area contributed by atoms with Gasteiger partial charge in [0.2, 0.25) is 0 Å². The van der Waals surface area contributed by atoms with Crippen LogP contribution in [-0.2, 0) is 6.54 Å². The zero-order chi connectivity index (χ0) is 17.1. The number of alkyl halides is 2. The van der Waals surface area contributed by atoms with Gasteiger partial charge in [-0.2, -0.15) is 8.78 Å². The van der Waals surface area contributed by atoms with Gasteiger partial charge in [0.05, 0.1) is 18.0 Å². The number of aliphatic hydroxyl groups is 1. The molecule has 0 aliphatic carbocycles. The van der Waals surface area contributed by atoms with Crippen LogP contribution in [0.5, 0.6) is 5.75 Å². The van der Waals surface area contributed by atoms with Crippen molar-refractivity contribution in [1.82, 2.24) is 15.0 Å². The average molecular weight is 333 g/mol. The maximum absolute atomic E-state index is 12.3. The molecule has 24 heavy (non-hydrogen) atoms. The van der Waals surface area contributed by atoms with Crippen molar-refractivity contribution in [2.45, 2.75) is 19.3 Å². The van der Waals surface area contributed by atoms with E-state index in [9.17, 15) is 18.7 Å². The Morgan fingerprint density at radius 1 is 1.12 bits per heavy atom. The highest BCUT2D eigenvalue weighted by Gasteiger charge is 2.13. The molecule has 6 nitrogen and oxygen atoms in total. The molecule has 0 amide bonds. The van der Waals surface area contributed by atoms with E-state index in [4.69, 9.17) is 0 Å². The van der Waals surface area contributed by atoms with Gasteiger partial charge in [-0.15, -0.1) is 5.10 Å². The summed E-state index contributed by atoms with van der Waals surface area (Å²) in [6, 6.07) is 12.3. The number of rotatable bonds is 5. The molecule has 1 atom stereocenters. The fourth-order valence-corrected chi connectivity index (χ4v) is 2.28. The summed E-state index contributed by atoms with van der Waals surface area (Å²) < 4.78 is 29.5. The van der Waals surface area contributed by atoms with Crippen LogP contribution in [-0.4, -0.2) is 26.7 Å². The van der Waals surface area contributed by atoms with Gasteiger partial charge in [-0.1, -0.05) is 29.5 Å². The lowest BCUT2D eigenvalue weighted by atomic mass is 10.1. The average Bonchev–Trinajstić information content (AvgIpc) is 2.57. The zero-order valence-electron chi connectivity index (χ0n) is 12.3. The lowest BCUT2D eigenvalue weighted by Gasteiger charge is -2.13. The third-order valence-corrected chi connectivity index (χ3v) is 3.47. The van der Waals surface area contributed by atoms with Crippen LogP contribution in [0.3, 0.4) is 0 Å². The van der Waals surface area contributed by atoms with Crippen LogP contribution in [0.25, 0.3) is 10.9 Å². The lowest BCUT2D eigenvalue weighted by Crippen LogP contribution is -2.27. The quantitative estimate of drug-likeness (QED) is 0.774. The maximum atomic E-state index is 12.3. The van der Waals surface area contributed by atoms with Crippen molar-refractivity contribution in [1.29, 1.82) is 0 Å². The monoisotopic (exact) mass is 333 g/mol. The van der Waals surface area contributed by atoms with E-state index in [-0.39, 0.29) is 17.9 Å². The van der Waals surface area contributed by atoms with Crippen molar-refractivity contribution < 1.29 is 18.6 Å². The molecular formula is C16H13F2N3O3. The molecule has 0 fully saturated rings. The molecule has 1 N–H and O–H groups in total. The van der Waals surface area contributed by atoms with Crippen molar-refractivity contribution in [3.63, 3.8) is 0 Å². The molecule has 0 aliphatic heterocycles. The molecule has 1 heterocycles. The van der Waals surface area contributed by atoms with E-state index in [1.165, 1.54) is 24.3 Å². The summed E-state index contributed by atoms with van der Waals surface area (Å²) in [7, 11) is 0. The summed E-state index contributed by atoms with van der Waals surface area (Å²) in [6.07, 6.45) is -1.04. The summed E-state index contributed by atoms with van der Waals surface area (Å²) in [4.78, 5) is 12.3. The third kappa shape index (κ3) is 3.38. The Morgan fingerprint density at radius 3 is 2.54 bits per heavy atom. The first-order chi connectivity index (χ1) is 11.5. The molecule has 0 saturated heterocycles. The van der Waals surface area contributed by atoms with Gasteiger partial charge in [-0.3, -0.25) is 4.79 Å². The van der Waals surface area contributed by atoms with Crippen molar-refractivity contribution in [2.75, 3.05) is 0 Å². The highest BCUT2D eigenvalue weighted by atomic mass is 19.3. The first kappa shape index (κ1) is 16.0. The summed E-state index contributed by atoms with van der Waals surface area (Å²) in [5.41, 5.74) is 0.553. The molecule has 0 saturated carbocycles. The standard InChI is InChI=1S/C16H13F2N3O3/c17-16(18)24-11-7-5-10(6-8-11)14(22)9-21-15(23)12-3-1-2-4-13(12)19-20-21/h1-8,14,16,22H,9H2. The Kier molecular flexibility index (Phi) is 4.48. The number of hydrogen-bond acceptors (Lipinski definition) is 5. The minimum atomic E-state index is -2.91. The van der Waals surface area contributed by atoms with Crippen LogP contribution in [0.4, 0.5) is 8.78 Å². The van der Waals surface area contributed by atoms with Crippen molar-refractivity contribution in [3.8, 4) is 5.75 Å². The molecule has 2 aromatic carbocycles. The van der Waals surface area contributed by atoms with Gasteiger partial charge in [0.25, 0.3) is 5.56 Å². The van der Waals surface area contributed by atoms with E-state index in [0.29, 0.717) is 16.5 Å². The largest absolute Gasteiger partial charge is 0.435 e. The molecule has 0 radical (unpaired) electrons. The number of benzene rings is 2. The third-order valence-electron chi connectivity index (χ3n) is 3.47. The van der Waals surface area contributed by atoms with E-state index >= 15 is 0 Å². The molecule has 8 heteroatoms. The Morgan fingerprint density at radius 2 is 1.83 bits per heavy atom. The highest BCUT2D eigenvalue weighted by Crippen LogP contribution is 2.20. The second-order valence-electron chi connectivity index (χ2n) is 5.06. The SMILES string of the molecule is O=c1c2ccccc2nnn1CC(O)c1ccc(OC(F)F)cc1. The van der Waals surface area contributed by atoms with Gasteiger partial charge in [0.1, 0.15) is 11.3 Å². The summed E-state index contributed by atoms with van der Waals surface area (Å²) >= 11 is 0. The van der Waals surface area contributed by atoms with Gasteiger partial charge < -0.3 is 9.84 Å². The highest BCUT2D eigenvalue weighted by molar-refractivity contribution is 5.76. The van der Waals surface area contributed by atoms with Crippen molar-refractivity contribution in [2.24, 2.45) is 0 Å². The number of hydrogen-bond donors (Lipinski definition) is 1. The molecular weight excluding hydrogens is 320 g/mol. The fourth-order valence-electron chi connectivity index (χ4n) is 2.28. The number of ether oxygens (including phenoxy) is 1. The topological polar surface area (TPSA) is 77.2 Å². The van der Waals surface area contributed by atoms with Crippen LogP contribution in [0.15, 0.2) is 53.3 Å². The molecule has 0 spiro atoms. The minimum absolute atomic E-state index is 0.0105. The number of aromatic nitrogens is 3. The zero-order valence-corrected chi connectivity index (χ0v) is 12.3. The van der Waals surface area contributed by atoms with Gasteiger partial charge in [-0.05, 0) is 29.8 Å². The van der Waals surface area contributed by atoms with Crippen LogP contribution >= 0.6 is 0 Å². The number of nitrogens with zero attached hydrogens (tertiary/aromatic N) is 3. The summed E-state index contributed by atoms with van der Waals surface area (Å²) in [6.45, 7) is -3.02. The molecule has 0 bridgehead atoms. The molecule has 1 aromatic heterocycles. The van der Waals surface area contributed by atoms with Gasteiger partial charge >= 0.3 is 6.61 Å². The van der Waals surface area contributed by atoms with E-state index in [1.807, 2.05) is 0 Å². The second kappa shape index (κ2) is 6.71. The normalized spacial score (nSPS) is 12.5. The van der Waals surface area contributed by atoms with Crippen molar-refractivity contribution in [3.05, 3.63) is 64.4 Å². The van der Waals surface area contributed by atoms with Gasteiger partial charge in [0.15, 0.2) is 0 Å². The molecule has 1 unspecified atom stereocenters. The second-order valence-corrected chi connectivity index (χ2v) is 5.06. The summed E-state index contributed by atoms with van der Waals surface area (Å²) in [5, 5.41) is 18.4. The molecule has 124 valence electrons. The van der Waals surface area contributed by atoms with Gasteiger partial charge in [-0.25, -0.2) is 4.68 Å². The number of aliphatic hydroxyl groups excluding tert-OH is 1. The molecule has 3 rings (SSSR count). The molecule has 0 aliphatic rings. The van der Waals surface area contributed by atoms with E-state index < -0.39 is 12.7 Å². The Bertz CT molecular complexity index is 897. The predicted molar refractivity (Wildman–Crippen MR) is 81.8 cm³/mol. The van der Waals surface area contributed by atoms with Crippen LogP contribution in [0.1, 0.15) is 11.7 Å². The van der Waals surface area contributed by atoms with Gasteiger partial charge in [0, 0.05) is 0 Å². The van der Waals surface area contributed by atoms with E-state index in [2.05, 4.69) is 15.0 Å². The Labute approximate surface area is 134 Å². The first-order valence-corrected chi connectivity index (χ1v) is 7.10. The summed E-state index contributed by atoms with van der Waals surface area (Å²) in [5.74, 6) is -0.0105.